The molecule has 1 aromatic carbocycles. The number of halogens is 1. The third-order valence-electron chi connectivity index (χ3n) is 2.78. The number of hydrogen-bond acceptors (Lipinski definition) is 3. The summed E-state index contributed by atoms with van der Waals surface area (Å²) in [5, 5.41) is 12.5. The normalized spacial score (nSPS) is 11.9. The molecule has 1 atom stereocenters. The molecule has 92 valence electrons. The largest absolute Gasteiger partial charge is 0.377 e. The van der Waals surface area contributed by atoms with Gasteiger partial charge >= 0.3 is 0 Å². The highest BCUT2D eigenvalue weighted by Gasteiger charge is 2.11. The number of thiophene rings is 1. The van der Waals surface area contributed by atoms with Gasteiger partial charge in [0.1, 0.15) is 6.07 Å². The summed E-state index contributed by atoms with van der Waals surface area (Å²) < 4.78 is 0.781. The van der Waals surface area contributed by atoms with E-state index in [1.54, 1.807) is 11.3 Å². The molecule has 0 saturated carbocycles. The Morgan fingerprint density at radius 2 is 2.11 bits per heavy atom. The number of benzene rings is 1. The predicted octanol–water partition coefficient (Wildman–Crippen LogP) is 4.75. The topological polar surface area (TPSA) is 35.8 Å². The Labute approximate surface area is 116 Å². The minimum absolute atomic E-state index is 0.136. The first-order valence-electron chi connectivity index (χ1n) is 5.63. The van der Waals surface area contributed by atoms with Crippen LogP contribution >= 0.6 is 22.9 Å². The van der Waals surface area contributed by atoms with Crippen LogP contribution in [0.1, 0.15) is 29.0 Å². The Kier molecular flexibility index (Phi) is 3.90. The van der Waals surface area contributed by atoms with Crippen LogP contribution in [0.3, 0.4) is 0 Å². The molecule has 1 heterocycles. The van der Waals surface area contributed by atoms with E-state index in [0.717, 1.165) is 20.5 Å². The predicted molar refractivity (Wildman–Crippen MR) is 77.3 cm³/mol. The number of nitrogens with zero attached hydrogens (tertiary/aromatic N) is 1. The fraction of sp³-hybridized carbons (Fsp3) is 0.214. The number of hydrogen-bond donors (Lipinski definition) is 1. The summed E-state index contributed by atoms with van der Waals surface area (Å²) in [6.07, 6.45) is 0. The van der Waals surface area contributed by atoms with E-state index in [9.17, 15) is 5.26 Å². The number of nitriles is 1. The van der Waals surface area contributed by atoms with Crippen LogP contribution in [0.5, 0.6) is 0 Å². The molecule has 0 aliphatic carbocycles. The van der Waals surface area contributed by atoms with Crippen LogP contribution in [0.2, 0.25) is 4.34 Å². The van der Waals surface area contributed by atoms with Crippen LogP contribution in [0.25, 0.3) is 0 Å². The molecular weight excluding hydrogens is 264 g/mol. The molecular formula is C14H13ClN2S. The molecule has 0 spiro atoms. The molecule has 1 N–H and O–H groups in total. The third-order valence-corrected chi connectivity index (χ3v) is 4.19. The van der Waals surface area contributed by atoms with E-state index in [4.69, 9.17) is 11.6 Å². The van der Waals surface area contributed by atoms with Gasteiger partial charge in [-0.2, -0.15) is 5.26 Å². The summed E-state index contributed by atoms with van der Waals surface area (Å²) in [4.78, 5) is 1.16. The maximum absolute atomic E-state index is 9.18. The van der Waals surface area contributed by atoms with Crippen LogP contribution in [0.15, 0.2) is 30.3 Å². The van der Waals surface area contributed by atoms with Gasteiger partial charge in [0.05, 0.1) is 21.6 Å². The molecule has 0 radical (unpaired) electrons. The quantitative estimate of drug-likeness (QED) is 0.878. The number of rotatable bonds is 3. The molecule has 0 aliphatic rings. The van der Waals surface area contributed by atoms with Crippen molar-refractivity contribution in [2.24, 2.45) is 0 Å². The molecule has 0 bridgehead atoms. The fourth-order valence-electron chi connectivity index (χ4n) is 1.80. The van der Waals surface area contributed by atoms with Gasteiger partial charge in [0, 0.05) is 4.88 Å². The van der Waals surface area contributed by atoms with Gasteiger partial charge in [-0.1, -0.05) is 23.7 Å². The van der Waals surface area contributed by atoms with E-state index in [1.165, 1.54) is 0 Å². The molecule has 2 nitrogen and oxygen atoms in total. The molecule has 18 heavy (non-hydrogen) atoms. The number of aryl methyl sites for hydroxylation is 1. The van der Waals surface area contributed by atoms with E-state index in [-0.39, 0.29) is 6.04 Å². The van der Waals surface area contributed by atoms with Crippen molar-refractivity contribution in [3.63, 3.8) is 0 Å². The SMILES string of the molecule is Cc1cccc(NC(C)c2ccc(Cl)s2)c1C#N. The molecule has 4 heteroatoms. The molecule has 1 aromatic heterocycles. The second-order valence-corrected chi connectivity index (χ2v) is 5.86. The van der Waals surface area contributed by atoms with E-state index >= 15 is 0 Å². The Hall–Kier alpha value is -1.50. The van der Waals surface area contributed by atoms with Crippen molar-refractivity contribution < 1.29 is 0 Å². The van der Waals surface area contributed by atoms with Gasteiger partial charge in [0.2, 0.25) is 0 Å². The van der Waals surface area contributed by atoms with Crippen molar-refractivity contribution in [1.29, 1.82) is 5.26 Å². The average molecular weight is 277 g/mol. The lowest BCUT2D eigenvalue weighted by Crippen LogP contribution is -2.06. The zero-order valence-corrected chi connectivity index (χ0v) is 11.8. The Morgan fingerprint density at radius 1 is 1.33 bits per heavy atom. The second kappa shape index (κ2) is 5.43. The van der Waals surface area contributed by atoms with E-state index < -0.39 is 0 Å². The van der Waals surface area contributed by atoms with Gasteiger partial charge in [-0.05, 0) is 37.6 Å². The lowest BCUT2D eigenvalue weighted by molar-refractivity contribution is 0.906. The molecule has 0 aliphatic heterocycles. The average Bonchev–Trinajstić information content (AvgIpc) is 2.76. The van der Waals surface area contributed by atoms with Crippen molar-refractivity contribution >= 4 is 28.6 Å². The number of anilines is 1. The summed E-state index contributed by atoms with van der Waals surface area (Å²) in [5.41, 5.74) is 2.56. The summed E-state index contributed by atoms with van der Waals surface area (Å²) in [6, 6.07) is 12.1. The van der Waals surface area contributed by atoms with Crippen molar-refractivity contribution in [2.75, 3.05) is 5.32 Å². The lowest BCUT2D eigenvalue weighted by Gasteiger charge is -2.15. The van der Waals surface area contributed by atoms with Gasteiger partial charge in [-0.3, -0.25) is 0 Å². The first-order valence-corrected chi connectivity index (χ1v) is 6.82. The minimum Gasteiger partial charge on any atom is -0.377 e. The smallest absolute Gasteiger partial charge is 0.102 e. The highest BCUT2D eigenvalue weighted by Crippen LogP contribution is 2.30. The Bertz CT molecular complexity index is 598. The van der Waals surface area contributed by atoms with Gasteiger partial charge in [0.25, 0.3) is 0 Å². The molecule has 0 fully saturated rings. The maximum atomic E-state index is 9.18. The van der Waals surface area contributed by atoms with Crippen LogP contribution < -0.4 is 5.32 Å². The summed E-state index contributed by atoms with van der Waals surface area (Å²) in [6.45, 7) is 4.00. The van der Waals surface area contributed by atoms with Crippen LogP contribution in [0, 0.1) is 18.3 Å². The van der Waals surface area contributed by atoms with Crippen LogP contribution in [-0.2, 0) is 0 Å². The van der Waals surface area contributed by atoms with Crippen molar-refractivity contribution in [3.8, 4) is 6.07 Å². The molecule has 1 unspecified atom stereocenters. The minimum atomic E-state index is 0.136. The first-order chi connectivity index (χ1) is 8.61. The summed E-state index contributed by atoms with van der Waals surface area (Å²) >= 11 is 7.48. The monoisotopic (exact) mass is 276 g/mol. The van der Waals surface area contributed by atoms with E-state index in [1.807, 2.05) is 37.3 Å². The highest BCUT2D eigenvalue weighted by molar-refractivity contribution is 7.16. The van der Waals surface area contributed by atoms with Gasteiger partial charge < -0.3 is 5.32 Å². The zero-order valence-electron chi connectivity index (χ0n) is 10.2. The van der Waals surface area contributed by atoms with E-state index in [2.05, 4.69) is 18.3 Å². The molecule has 2 aromatic rings. The van der Waals surface area contributed by atoms with Crippen molar-refractivity contribution in [2.45, 2.75) is 19.9 Å². The van der Waals surface area contributed by atoms with E-state index in [0.29, 0.717) is 5.56 Å². The standard InChI is InChI=1S/C14H13ClN2S/c1-9-4-3-5-12(11(9)8-16)17-10(2)13-6-7-14(15)18-13/h3-7,10,17H,1-2H3. The van der Waals surface area contributed by atoms with Crippen LogP contribution in [-0.4, -0.2) is 0 Å². The number of nitrogens with one attached hydrogen (secondary N) is 1. The Morgan fingerprint density at radius 3 is 2.72 bits per heavy atom. The summed E-state index contributed by atoms with van der Waals surface area (Å²) in [7, 11) is 0. The summed E-state index contributed by atoms with van der Waals surface area (Å²) in [5.74, 6) is 0. The Balaban J connectivity index is 2.25. The highest BCUT2D eigenvalue weighted by atomic mass is 35.5. The molecule has 2 rings (SSSR count). The van der Waals surface area contributed by atoms with Crippen molar-refractivity contribution in [1.82, 2.24) is 0 Å². The van der Waals surface area contributed by atoms with Gasteiger partial charge in [-0.15, -0.1) is 11.3 Å². The van der Waals surface area contributed by atoms with Gasteiger partial charge in [0.15, 0.2) is 0 Å². The first kappa shape index (κ1) is 12.9. The fourth-order valence-corrected chi connectivity index (χ4v) is 2.87. The van der Waals surface area contributed by atoms with Gasteiger partial charge in [-0.25, -0.2) is 0 Å². The zero-order chi connectivity index (χ0) is 13.1. The molecule has 0 amide bonds. The third kappa shape index (κ3) is 2.66. The second-order valence-electron chi connectivity index (χ2n) is 4.12. The molecule has 0 saturated heterocycles. The van der Waals surface area contributed by atoms with Crippen LogP contribution in [0.4, 0.5) is 5.69 Å². The van der Waals surface area contributed by atoms with Crippen molar-refractivity contribution in [3.05, 3.63) is 50.7 Å². The maximum Gasteiger partial charge on any atom is 0.102 e. The lowest BCUT2D eigenvalue weighted by atomic mass is 10.1.